The number of cyclic esters (lactones) is 1. The summed E-state index contributed by atoms with van der Waals surface area (Å²) in [5.74, 6) is -4.53. The summed E-state index contributed by atoms with van der Waals surface area (Å²) in [6.45, 7) is 14.7. The molecule has 0 N–H and O–H groups in total. The Balaban J connectivity index is 1.32. The number of esters is 2. The van der Waals surface area contributed by atoms with Gasteiger partial charge in [0.25, 0.3) is 0 Å². The Hall–Kier alpha value is -4.77. The molecule has 0 radical (unpaired) electrons. The third-order valence-electron chi connectivity index (χ3n) is 13.6. The summed E-state index contributed by atoms with van der Waals surface area (Å²) in [6.07, 6.45) is -0.538. The molecule has 2 unspecified atom stereocenters. The van der Waals surface area contributed by atoms with Crippen LogP contribution in [-0.4, -0.2) is 136 Å². The zero-order chi connectivity index (χ0) is 46.7. The Morgan fingerprint density at radius 3 is 2.30 bits per heavy atom. The second kappa shape index (κ2) is 20.2. The molecule has 16 heteroatoms. The molecule has 12 atom stereocenters. The minimum atomic E-state index is -1.71. The van der Waals surface area contributed by atoms with Gasteiger partial charge in [-0.2, -0.15) is 0 Å². The van der Waals surface area contributed by atoms with Crippen molar-refractivity contribution in [2.45, 2.75) is 149 Å². The van der Waals surface area contributed by atoms with Gasteiger partial charge in [0.1, 0.15) is 22.8 Å². The average Bonchev–Trinajstić information content (AvgIpc) is 3.84. The summed E-state index contributed by atoms with van der Waals surface area (Å²) < 4.78 is 40.1. The molecule has 0 saturated carbocycles. The molecule has 1 aromatic carbocycles. The number of hydrogen-bond donors (Lipinski definition) is 0. The summed E-state index contributed by atoms with van der Waals surface area (Å²) in [5, 5.41) is 0. The van der Waals surface area contributed by atoms with Gasteiger partial charge in [0, 0.05) is 44.1 Å². The lowest BCUT2D eigenvalue weighted by atomic mass is 9.72. The van der Waals surface area contributed by atoms with Crippen LogP contribution >= 0.6 is 0 Å². The number of Topliss-reactive ketones (excluding diaryl/α,β-unsaturated/α-hetero) is 2. The highest BCUT2D eigenvalue weighted by atomic mass is 16.7. The number of carbonyl (C=O) groups is 5. The molecular formula is C48H67N5O11. The van der Waals surface area contributed by atoms with E-state index in [0.29, 0.717) is 31.4 Å². The van der Waals surface area contributed by atoms with Crippen LogP contribution in [0.5, 0.6) is 0 Å². The zero-order valence-corrected chi connectivity index (χ0v) is 39.2. The Bertz CT molecular complexity index is 2130. The third-order valence-corrected chi connectivity index (χ3v) is 13.6. The van der Waals surface area contributed by atoms with Crippen molar-refractivity contribution in [2.75, 3.05) is 27.7 Å². The average molecular weight is 890 g/mol. The maximum atomic E-state index is 14.9. The molecule has 3 aromatic rings. The fourth-order valence-corrected chi connectivity index (χ4v) is 9.85. The van der Waals surface area contributed by atoms with Crippen molar-refractivity contribution in [1.29, 1.82) is 0 Å². The number of pyridine rings is 1. The van der Waals surface area contributed by atoms with Crippen LogP contribution in [0, 0.1) is 23.2 Å². The van der Waals surface area contributed by atoms with E-state index in [1.54, 1.807) is 75.5 Å². The summed E-state index contributed by atoms with van der Waals surface area (Å²) in [6, 6.07) is 11.2. The number of aromatic nitrogens is 3. The first-order valence-corrected chi connectivity index (χ1v) is 22.6. The number of ketones is 2. The van der Waals surface area contributed by atoms with Crippen LogP contribution in [-0.2, 0) is 49.3 Å². The topological polar surface area (TPSA) is 178 Å². The number of benzene rings is 1. The SMILES string of the molecule is CC[C@H]1OC(=O)C(C)(C)C(=O)[C@H](C)[C@@H](OC2O[C@H](C)C[C@H](N(C)C)[C@H]2OC(=O)c2ccccc2)[C@@](C)(OC)C[C@@H](C)C(=O)[C@H](C)[C@@H]2C1OC(=O)N2CCCCn1cnc2cccnc21. The standard InChI is InChI=1S/C48H67N5O11/c1-12-35-39-36(53(46(58)63-39)24-17-16-23-52-27-50-33-21-18-22-49-42(33)52)30(4)37(54)28(2)26-48(8,59-11)41(31(5)40(55)47(6,7)45(57)61-35)64-44-38(34(51(9)10)25-29(3)60-44)62-43(56)32-19-14-13-15-20-32/h13-15,18-22,27-31,34-36,38-39,41,44H,12,16-17,23-26H2,1-11H3/t28-,29-,30-,31+,34+,35-,36-,38-,39?,41-,44?,48+/m1/s1. The first kappa shape index (κ1) is 48.7. The number of likely N-dealkylation sites (N-methyl/N-ethyl adjacent to an activating group) is 1. The maximum absolute atomic E-state index is 14.9. The lowest BCUT2D eigenvalue weighted by molar-refractivity contribution is -0.294. The van der Waals surface area contributed by atoms with E-state index in [1.807, 2.05) is 49.5 Å². The van der Waals surface area contributed by atoms with Gasteiger partial charge >= 0.3 is 18.0 Å². The molecule has 3 aliphatic rings. The van der Waals surface area contributed by atoms with Crippen LogP contribution < -0.4 is 0 Å². The monoisotopic (exact) mass is 889 g/mol. The molecule has 350 valence electrons. The molecule has 16 nitrogen and oxygen atoms in total. The largest absolute Gasteiger partial charge is 0.458 e. The number of unbranched alkanes of at least 4 members (excludes halogenated alkanes) is 1. The minimum absolute atomic E-state index is 0.0873. The van der Waals surface area contributed by atoms with Gasteiger partial charge in [-0.15, -0.1) is 0 Å². The number of rotatable bonds is 12. The Morgan fingerprint density at radius 1 is 0.922 bits per heavy atom. The van der Waals surface area contributed by atoms with Crippen molar-refractivity contribution < 1.29 is 52.4 Å². The molecule has 64 heavy (non-hydrogen) atoms. The minimum Gasteiger partial charge on any atom is -0.458 e. The van der Waals surface area contributed by atoms with E-state index in [4.69, 9.17) is 28.4 Å². The highest BCUT2D eigenvalue weighted by molar-refractivity contribution is 6.04. The molecule has 3 aliphatic heterocycles. The number of aryl methyl sites for hydroxylation is 1. The smallest absolute Gasteiger partial charge is 0.410 e. The predicted octanol–water partition coefficient (Wildman–Crippen LogP) is 6.28. The van der Waals surface area contributed by atoms with Crippen molar-refractivity contribution in [3.8, 4) is 0 Å². The fraction of sp³-hybridized carbons (Fsp3) is 0.646. The van der Waals surface area contributed by atoms with Crippen LogP contribution in [0.3, 0.4) is 0 Å². The second-order valence-corrected chi connectivity index (χ2v) is 18.8. The van der Waals surface area contributed by atoms with Gasteiger partial charge in [-0.05, 0) is 98.2 Å². The number of hydrogen-bond acceptors (Lipinski definition) is 14. The number of methoxy groups -OCH3 is 1. The predicted molar refractivity (Wildman–Crippen MR) is 236 cm³/mol. The fourth-order valence-electron chi connectivity index (χ4n) is 9.85. The molecule has 5 heterocycles. The van der Waals surface area contributed by atoms with Crippen molar-refractivity contribution in [3.63, 3.8) is 0 Å². The molecular weight excluding hydrogens is 823 g/mol. The highest BCUT2D eigenvalue weighted by Gasteiger charge is 2.56. The molecule has 0 bridgehead atoms. The quantitative estimate of drug-likeness (QED) is 0.0859. The first-order chi connectivity index (χ1) is 30.3. The van der Waals surface area contributed by atoms with Crippen molar-refractivity contribution in [1.82, 2.24) is 24.3 Å². The van der Waals surface area contributed by atoms with E-state index in [0.717, 1.165) is 11.2 Å². The van der Waals surface area contributed by atoms with Gasteiger partial charge < -0.3 is 42.8 Å². The number of imidazole rings is 1. The Labute approximate surface area is 376 Å². The van der Waals surface area contributed by atoms with Crippen LogP contribution in [0.1, 0.15) is 97.9 Å². The molecule has 6 rings (SSSR count). The molecule has 0 aliphatic carbocycles. The molecule has 3 fully saturated rings. The number of amides is 1. The molecule has 2 aromatic heterocycles. The van der Waals surface area contributed by atoms with Gasteiger partial charge in [-0.25, -0.2) is 19.6 Å². The van der Waals surface area contributed by atoms with Crippen LogP contribution in [0.2, 0.25) is 0 Å². The number of ether oxygens (including phenoxy) is 6. The molecule has 3 saturated heterocycles. The number of nitrogens with zero attached hydrogens (tertiary/aromatic N) is 5. The number of fused-ring (bicyclic) bond motifs is 2. The van der Waals surface area contributed by atoms with Gasteiger partial charge in [0.2, 0.25) is 0 Å². The normalized spacial score (nSPS) is 32.8. The highest BCUT2D eigenvalue weighted by Crippen LogP contribution is 2.41. The summed E-state index contributed by atoms with van der Waals surface area (Å²) in [7, 11) is 5.27. The lowest BCUT2D eigenvalue weighted by Crippen LogP contribution is -2.61. The number of carbonyl (C=O) groups excluding carboxylic acids is 5. The zero-order valence-electron chi connectivity index (χ0n) is 39.2. The first-order valence-electron chi connectivity index (χ1n) is 22.6. The lowest BCUT2D eigenvalue weighted by Gasteiger charge is -2.48. The van der Waals surface area contributed by atoms with E-state index < -0.39 is 89.3 Å². The molecule has 0 spiro atoms. The van der Waals surface area contributed by atoms with Crippen molar-refractivity contribution >= 4 is 40.8 Å². The van der Waals surface area contributed by atoms with E-state index in [9.17, 15) is 24.0 Å². The van der Waals surface area contributed by atoms with Gasteiger partial charge in [0.15, 0.2) is 29.9 Å². The van der Waals surface area contributed by atoms with Crippen molar-refractivity contribution in [2.24, 2.45) is 23.2 Å². The van der Waals surface area contributed by atoms with E-state index >= 15 is 0 Å². The summed E-state index contributed by atoms with van der Waals surface area (Å²) >= 11 is 0. The summed E-state index contributed by atoms with van der Waals surface area (Å²) in [5.41, 5.74) is -1.15. The Kier molecular flexibility index (Phi) is 15.3. The van der Waals surface area contributed by atoms with Crippen LogP contribution in [0.15, 0.2) is 55.0 Å². The van der Waals surface area contributed by atoms with E-state index in [1.165, 1.54) is 21.0 Å². The van der Waals surface area contributed by atoms with Gasteiger partial charge in [-0.3, -0.25) is 14.4 Å². The maximum Gasteiger partial charge on any atom is 0.410 e. The van der Waals surface area contributed by atoms with E-state index in [-0.39, 0.29) is 37.3 Å². The van der Waals surface area contributed by atoms with Gasteiger partial charge in [0.05, 0.1) is 41.8 Å². The van der Waals surface area contributed by atoms with Crippen LogP contribution in [0.4, 0.5) is 4.79 Å². The third kappa shape index (κ3) is 10.0. The van der Waals surface area contributed by atoms with Gasteiger partial charge in [-0.1, -0.05) is 45.9 Å². The Morgan fingerprint density at radius 2 is 1.62 bits per heavy atom. The van der Waals surface area contributed by atoms with Crippen LogP contribution in [0.25, 0.3) is 11.2 Å². The summed E-state index contributed by atoms with van der Waals surface area (Å²) in [4.78, 5) is 83.9. The molecule has 1 amide bonds. The van der Waals surface area contributed by atoms with E-state index in [2.05, 4.69) is 9.97 Å². The second-order valence-electron chi connectivity index (χ2n) is 18.8. The van der Waals surface area contributed by atoms with Crippen molar-refractivity contribution in [3.05, 3.63) is 60.6 Å².